The van der Waals surface area contributed by atoms with Crippen molar-refractivity contribution in [2.75, 3.05) is 0 Å². The second-order valence-electron chi connectivity index (χ2n) is 2.26. The van der Waals surface area contributed by atoms with Crippen LogP contribution in [-0.4, -0.2) is 17.9 Å². The molecule has 1 fully saturated rings. The molecule has 60 valence electrons. The predicted molar refractivity (Wildman–Crippen MR) is 37.5 cm³/mol. The van der Waals surface area contributed by atoms with Crippen molar-refractivity contribution in [2.24, 2.45) is 0 Å². The number of carbonyl (C=O) groups excluding carboxylic acids is 2. The largest absolute Gasteiger partial charge is 0.434 e. The van der Waals surface area contributed by atoms with E-state index in [1.807, 2.05) is 0 Å². The molecule has 0 radical (unpaired) electrons. The average Bonchev–Trinajstić information content (AvgIpc) is 2.36. The van der Waals surface area contributed by atoms with Gasteiger partial charge < -0.3 is 10.1 Å². The summed E-state index contributed by atoms with van der Waals surface area (Å²) in [6.45, 7) is 3.24. The molecule has 0 spiro atoms. The molecule has 11 heavy (non-hydrogen) atoms. The minimum atomic E-state index is -0.472. The van der Waals surface area contributed by atoms with Gasteiger partial charge in [-0.15, -0.1) is 0 Å². The molecule has 4 heteroatoms. The van der Waals surface area contributed by atoms with E-state index in [0.717, 1.165) is 6.26 Å². The zero-order valence-corrected chi connectivity index (χ0v) is 6.00. The number of hydrogen-bond donors (Lipinski definition) is 1. The summed E-state index contributed by atoms with van der Waals surface area (Å²) >= 11 is 0. The Bertz CT molecular complexity index is 200. The first kappa shape index (κ1) is 7.78. The first-order valence-electron chi connectivity index (χ1n) is 3.35. The van der Waals surface area contributed by atoms with Gasteiger partial charge in [0.25, 0.3) is 0 Å². The highest BCUT2D eigenvalue weighted by atomic mass is 16.5. The van der Waals surface area contributed by atoms with Crippen LogP contribution in [0.5, 0.6) is 0 Å². The number of nitrogens with one attached hydrogen (secondary N) is 1. The Morgan fingerprint density at radius 3 is 3.00 bits per heavy atom. The smallest absolute Gasteiger partial charge is 0.333 e. The van der Waals surface area contributed by atoms with Crippen molar-refractivity contribution in [3.05, 3.63) is 12.8 Å². The molecule has 0 aromatic carbocycles. The third-order valence-corrected chi connectivity index (χ3v) is 1.48. The van der Waals surface area contributed by atoms with E-state index in [4.69, 9.17) is 0 Å². The third-order valence-electron chi connectivity index (χ3n) is 1.48. The van der Waals surface area contributed by atoms with Gasteiger partial charge in [0, 0.05) is 6.42 Å². The lowest BCUT2D eigenvalue weighted by Gasteiger charge is -2.05. The molecule has 1 aliphatic heterocycles. The molecule has 0 bridgehead atoms. The molecule has 4 nitrogen and oxygen atoms in total. The quantitative estimate of drug-likeness (QED) is 0.449. The maximum absolute atomic E-state index is 10.9. The zero-order chi connectivity index (χ0) is 8.27. The van der Waals surface area contributed by atoms with E-state index in [9.17, 15) is 9.59 Å². The van der Waals surface area contributed by atoms with Gasteiger partial charge in [-0.05, 0) is 6.42 Å². The summed E-state index contributed by atoms with van der Waals surface area (Å²) in [6, 6.07) is -0.472. The molecule has 1 saturated heterocycles. The second-order valence-corrected chi connectivity index (χ2v) is 2.26. The Morgan fingerprint density at radius 1 is 1.82 bits per heavy atom. The molecular formula is C7H9NO3. The summed E-state index contributed by atoms with van der Waals surface area (Å²) in [7, 11) is 0. The fourth-order valence-corrected chi connectivity index (χ4v) is 0.955. The summed E-state index contributed by atoms with van der Waals surface area (Å²) in [4.78, 5) is 21.5. The molecule has 1 atom stereocenters. The fourth-order valence-electron chi connectivity index (χ4n) is 0.955. The maximum Gasteiger partial charge on any atom is 0.333 e. The summed E-state index contributed by atoms with van der Waals surface area (Å²) in [5.74, 6) is -0.540. The molecule has 1 unspecified atom stereocenters. The van der Waals surface area contributed by atoms with Crippen molar-refractivity contribution in [3.8, 4) is 0 Å². The van der Waals surface area contributed by atoms with Gasteiger partial charge >= 0.3 is 5.97 Å². The molecule has 0 aromatic heterocycles. The Morgan fingerprint density at radius 2 is 2.55 bits per heavy atom. The van der Waals surface area contributed by atoms with Crippen molar-refractivity contribution in [1.29, 1.82) is 0 Å². The summed E-state index contributed by atoms with van der Waals surface area (Å²) in [5.41, 5.74) is 0. The average molecular weight is 155 g/mol. The molecule has 0 aliphatic carbocycles. The zero-order valence-electron chi connectivity index (χ0n) is 6.00. The highest BCUT2D eigenvalue weighted by molar-refractivity contribution is 5.88. The third kappa shape index (κ3) is 1.80. The lowest BCUT2D eigenvalue weighted by molar-refractivity contribution is -0.140. The van der Waals surface area contributed by atoms with Gasteiger partial charge in [0.05, 0.1) is 6.26 Å². The number of rotatable bonds is 2. The number of ether oxygens (including phenoxy) is 1. The van der Waals surface area contributed by atoms with E-state index in [1.54, 1.807) is 0 Å². The van der Waals surface area contributed by atoms with Gasteiger partial charge in [0.15, 0.2) is 0 Å². The van der Waals surface area contributed by atoms with Crippen LogP contribution in [0.4, 0.5) is 0 Å². The van der Waals surface area contributed by atoms with Crippen LogP contribution in [0.15, 0.2) is 12.8 Å². The number of amides is 1. The Hall–Kier alpha value is -1.32. The van der Waals surface area contributed by atoms with Gasteiger partial charge in [-0.25, -0.2) is 4.79 Å². The Kier molecular flexibility index (Phi) is 2.25. The van der Waals surface area contributed by atoms with Crippen LogP contribution in [0.3, 0.4) is 0 Å². The molecule has 1 N–H and O–H groups in total. The van der Waals surface area contributed by atoms with E-state index in [0.29, 0.717) is 12.8 Å². The van der Waals surface area contributed by atoms with E-state index >= 15 is 0 Å². The minimum Gasteiger partial charge on any atom is -0.434 e. The Balaban J connectivity index is 2.42. The standard InChI is InChI=1S/C7H9NO3/c1-2-11-7(10)5-3-4-6(9)8-5/h2,5H,1,3-4H2,(H,8,9). The minimum absolute atomic E-state index is 0.101. The van der Waals surface area contributed by atoms with Gasteiger partial charge in [-0.1, -0.05) is 6.58 Å². The van der Waals surface area contributed by atoms with Gasteiger partial charge in [-0.2, -0.15) is 0 Å². The van der Waals surface area contributed by atoms with Gasteiger partial charge in [0.1, 0.15) is 6.04 Å². The van der Waals surface area contributed by atoms with Gasteiger partial charge in [0.2, 0.25) is 5.91 Å². The van der Waals surface area contributed by atoms with Crippen LogP contribution in [0.25, 0.3) is 0 Å². The molecule has 1 heterocycles. The molecular weight excluding hydrogens is 146 g/mol. The molecule has 0 aromatic rings. The van der Waals surface area contributed by atoms with Crippen LogP contribution >= 0.6 is 0 Å². The van der Waals surface area contributed by atoms with Crippen molar-refractivity contribution in [3.63, 3.8) is 0 Å². The second kappa shape index (κ2) is 3.18. The number of esters is 1. The highest BCUT2D eigenvalue weighted by Crippen LogP contribution is 2.07. The number of carbonyl (C=O) groups is 2. The van der Waals surface area contributed by atoms with Crippen molar-refractivity contribution >= 4 is 11.9 Å². The monoisotopic (exact) mass is 155 g/mol. The van der Waals surface area contributed by atoms with Crippen LogP contribution in [0.2, 0.25) is 0 Å². The van der Waals surface area contributed by atoms with E-state index in [1.165, 1.54) is 0 Å². The van der Waals surface area contributed by atoms with E-state index < -0.39 is 12.0 Å². The molecule has 1 aliphatic rings. The summed E-state index contributed by atoms with van der Waals surface area (Å²) in [5, 5.41) is 2.48. The fraction of sp³-hybridized carbons (Fsp3) is 0.429. The SMILES string of the molecule is C=COC(=O)C1CCC(=O)N1. The Labute approximate surface area is 64.2 Å². The lowest BCUT2D eigenvalue weighted by atomic mass is 10.2. The normalized spacial score (nSPS) is 22.5. The lowest BCUT2D eigenvalue weighted by Crippen LogP contribution is -2.33. The van der Waals surface area contributed by atoms with E-state index in [-0.39, 0.29) is 5.91 Å². The molecule has 1 rings (SSSR count). The maximum atomic E-state index is 10.9. The van der Waals surface area contributed by atoms with Crippen LogP contribution in [0.1, 0.15) is 12.8 Å². The van der Waals surface area contributed by atoms with Crippen LogP contribution < -0.4 is 5.32 Å². The highest BCUT2D eigenvalue weighted by Gasteiger charge is 2.27. The summed E-state index contributed by atoms with van der Waals surface area (Å²) < 4.78 is 4.48. The summed E-state index contributed by atoms with van der Waals surface area (Å²) in [6.07, 6.45) is 1.98. The first-order chi connectivity index (χ1) is 5.24. The number of hydrogen-bond acceptors (Lipinski definition) is 3. The first-order valence-corrected chi connectivity index (χ1v) is 3.35. The van der Waals surface area contributed by atoms with Crippen molar-refractivity contribution in [1.82, 2.24) is 5.32 Å². The topological polar surface area (TPSA) is 55.4 Å². The van der Waals surface area contributed by atoms with Crippen LogP contribution in [0, 0.1) is 0 Å². The molecule has 0 saturated carbocycles. The predicted octanol–water partition coefficient (Wildman–Crippen LogP) is -0.0483. The molecule has 1 amide bonds. The van der Waals surface area contributed by atoms with Crippen molar-refractivity contribution < 1.29 is 14.3 Å². The van der Waals surface area contributed by atoms with Crippen LogP contribution in [-0.2, 0) is 14.3 Å². The van der Waals surface area contributed by atoms with Gasteiger partial charge in [-0.3, -0.25) is 4.79 Å². The van der Waals surface area contributed by atoms with E-state index in [2.05, 4.69) is 16.6 Å². The van der Waals surface area contributed by atoms with Crippen molar-refractivity contribution in [2.45, 2.75) is 18.9 Å².